The molecule has 3 fully saturated rings. The van der Waals surface area contributed by atoms with E-state index in [0.717, 1.165) is 55.7 Å². The molecule has 4 heterocycles. The number of carbonyl (C=O) groups is 3. The second-order valence-electron chi connectivity index (χ2n) is 11.2. The summed E-state index contributed by atoms with van der Waals surface area (Å²) in [5.74, 6) is -1.18. The Morgan fingerprint density at radius 2 is 2.00 bits per heavy atom. The van der Waals surface area contributed by atoms with Gasteiger partial charge in [0.25, 0.3) is 5.91 Å². The molecule has 13 nitrogen and oxygen atoms in total. The predicted octanol–water partition coefficient (Wildman–Crippen LogP) is 2.58. The maximum absolute atomic E-state index is 13.7. The smallest absolute Gasteiger partial charge is 0.251 e. The fraction of sp³-hybridized carbons (Fsp3) is 0.586. The molecule has 14 heteroatoms. The predicted molar refractivity (Wildman–Crippen MR) is 162 cm³/mol. The van der Waals surface area contributed by atoms with Gasteiger partial charge < -0.3 is 24.6 Å². The normalized spacial score (nSPS) is 23.5. The van der Waals surface area contributed by atoms with Crippen molar-refractivity contribution in [2.45, 2.75) is 44.5 Å². The lowest BCUT2D eigenvalue weighted by atomic mass is 9.96. The first-order valence-corrected chi connectivity index (χ1v) is 15.5. The zero-order valence-corrected chi connectivity index (χ0v) is 25.5. The Morgan fingerprint density at radius 1 is 1.26 bits per heavy atom. The summed E-state index contributed by atoms with van der Waals surface area (Å²) in [6.45, 7) is 9.21. The highest BCUT2D eigenvalue weighted by Crippen LogP contribution is 2.31. The number of fused-ring (bicyclic) bond motifs is 1. The van der Waals surface area contributed by atoms with Crippen molar-refractivity contribution in [3.05, 3.63) is 45.7 Å². The van der Waals surface area contributed by atoms with Gasteiger partial charge in [-0.05, 0) is 23.6 Å². The van der Waals surface area contributed by atoms with E-state index < -0.39 is 24.2 Å². The lowest BCUT2D eigenvalue weighted by molar-refractivity contribution is -0.139. The molecule has 0 unspecified atom stereocenters. The zero-order valence-electron chi connectivity index (χ0n) is 24.7. The van der Waals surface area contributed by atoms with Gasteiger partial charge >= 0.3 is 0 Å². The fourth-order valence-corrected chi connectivity index (χ4v) is 6.72. The Morgan fingerprint density at radius 3 is 2.67 bits per heavy atom. The molecule has 3 aliphatic heterocycles. The van der Waals surface area contributed by atoms with Crippen LogP contribution in [0, 0.1) is 5.92 Å². The van der Waals surface area contributed by atoms with E-state index in [1.165, 1.54) is 4.90 Å². The number of hydrogen-bond donors (Lipinski definition) is 1. The molecule has 1 N–H and O–H groups in total. The first kappa shape index (κ1) is 30.9. The average Bonchev–Trinajstić information content (AvgIpc) is 3.76. The van der Waals surface area contributed by atoms with Crippen LogP contribution < -0.4 is 10.2 Å². The summed E-state index contributed by atoms with van der Waals surface area (Å²) in [5.41, 5.74) is 11.1. The molecule has 1 aromatic carbocycles. The summed E-state index contributed by atoms with van der Waals surface area (Å²) in [6.07, 6.45) is -0.0271. The zero-order chi connectivity index (χ0) is 30.5. The standard InChI is InChI=1S/C29H38N8O5S/c1-4-18(2)24(28(40)37-15-21(33-34-30)26-25(37)23(38)16-42-26)32-27(39)20-7-5-19(6-8-20)22-17-43-29(31-22)36-11-9-35(10-12-36)13-14-41-3/h5-8,17-18,21,24-26H,4,9-16H2,1-3H3,(H,32,39)/t18-,21+,24-,25+,26+/m0/s1. The number of piperazine rings is 1. The van der Waals surface area contributed by atoms with Gasteiger partial charge in [-0.3, -0.25) is 19.3 Å². The molecule has 1 aromatic heterocycles. The van der Waals surface area contributed by atoms with E-state index in [9.17, 15) is 14.4 Å². The van der Waals surface area contributed by atoms with Crippen molar-refractivity contribution in [1.82, 2.24) is 20.1 Å². The number of ketones is 1. The van der Waals surface area contributed by atoms with Crippen LogP contribution in [-0.2, 0) is 19.1 Å². The average molecular weight is 611 g/mol. The number of hydrogen-bond acceptors (Lipinski definition) is 10. The van der Waals surface area contributed by atoms with Gasteiger partial charge in [0.05, 0.1) is 24.4 Å². The number of nitrogens with one attached hydrogen (secondary N) is 1. The van der Waals surface area contributed by atoms with Crippen LogP contribution >= 0.6 is 11.3 Å². The molecule has 3 aliphatic rings. The highest BCUT2D eigenvalue weighted by atomic mass is 32.1. The van der Waals surface area contributed by atoms with Gasteiger partial charge in [0.15, 0.2) is 10.9 Å². The van der Waals surface area contributed by atoms with E-state index in [1.807, 2.05) is 31.4 Å². The van der Waals surface area contributed by atoms with E-state index in [1.54, 1.807) is 30.6 Å². The van der Waals surface area contributed by atoms with Crippen molar-refractivity contribution < 1.29 is 23.9 Å². The third kappa shape index (κ3) is 6.68. The van der Waals surface area contributed by atoms with Crippen molar-refractivity contribution in [2.75, 3.05) is 64.5 Å². The summed E-state index contributed by atoms with van der Waals surface area (Å²) in [4.78, 5) is 53.4. The number of azide groups is 1. The lowest BCUT2D eigenvalue weighted by Crippen LogP contribution is -2.54. The summed E-state index contributed by atoms with van der Waals surface area (Å²) < 4.78 is 10.7. The van der Waals surface area contributed by atoms with Gasteiger partial charge in [0, 0.05) is 67.8 Å². The molecule has 2 aromatic rings. The molecule has 0 aliphatic carbocycles. The van der Waals surface area contributed by atoms with E-state index in [4.69, 9.17) is 20.0 Å². The minimum absolute atomic E-state index is 0.0700. The molecular weight excluding hydrogens is 572 g/mol. The Hall–Kier alpha value is -3.55. The third-order valence-electron chi connectivity index (χ3n) is 8.60. The number of carbonyl (C=O) groups excluding carboxylic acids is 3. The number of nitrogens with zero attached hydrogens (tertiary/aromatic N) is 7. The van der Waals surface area contributed by atoms with Crippen molar-refractivity contribution in [1.29, 1.82) is 0 Å². The molecule has 230 valence electrons. The van der Waals surface area contributed by atoms with Crippen LogP contribution in [0.4, 0.5) is 5.13 Å². The van der Waals surface area contributed by atoms with Crippen LogP contribution in [0.25, 0.3) is 21.7 Å². The van der Waals surface area contributed by atoms with E-state index >= 15 is 0 Å². The number of benzene rings is 1. The molecule has 5 atom stereocenters. The number of thiazole rings is 1. The maximum atomic E-state index is 13.7. The minimum atomic E-state index is -0.855. The number of likely N-dealkylation sites (tertiary alicyclic amines) is 1. The first-order chi connectivity index (χ1) is 20.8. The van der Waals surface area contributed by atoms with E-state index in [-0.39, 0.29) is 36.7 Å². The van der Waals surface area contributed by atoms with Crippen LogP contribution in [-0.4, -0.2) is 116 Å². The van der Waals surface area contributed by atoms with Crippen LogP contribution in [0.15, 0.2) is 34.8 Å². The Kier molecular flexibility index (Phi) is 9.93. The summed E-state index contributed by atoms with van der Waals surface area (Å²) in [7, 11) is 1.72. The number of methoxy groups -OCH3 is 1. The number of amides is 2. The molecule has 43 heavy (non-hydrogen) atoms. The number of rotatable bonds is 11. The fourth-order valence-electron chi connectivity index (χ4n) is 5.83. The molecule has 3 saturated heterocycles. The highest BCUT2D eigenvalue weighted by molar-refractivity contribution is 7.14. The first-order valence-electron chi connectivity index (χ1n) is 14.7. The molecular formula is C29H38N8O5S. The van der Waals surface area contributed by atoms with Gasteiger partial charge in [-0.2, -0.15) is 0 Å². The molecule has 0 radical (unpaired) electrons. The number of aromatic nitrogens is 1. The van der Waals surface area contributed by atoms with Crippen molar-refractivity contribution in [2.24, 2.45) is 11.0 Å². The largest absolute Gasteiger partial charge is 0.383 e. The minimum Gasteiger partial charge on any atom is -0.383 e. The molecule has 5 rings (SSSR count). The quantitative estimate of drug-likeness (QED) is 0.231. The molecule has 0 spiro atoms. The highest BCUT2D eigenvalue weighted by Gasteiger charge is 2.53. The Labute approximate surface area is 254 Å². The number of ether oxygens (including phenoxy) is 2. The van der Waals surface area contributed by atoms with Gasteiger partial charge in [-0.1, -0.05) is 37.5 Å². The third-order valence-corrected chi connectivity index (χ3v) is 9.50. The van der Waals surface area contributed by atoms with E-state index in [0.29, 0.717) is 12.0 Å². The molecule has 2 amide bonds. The molecule has 0 bridgehead atoms. The topological polar surface area (TPSA) is 153 Å². The van der Waals surface area contributed by atoms with Crippen LogP contribution in [0.2, 0.25) is 0 Å². The SMILES string of the molecule is CC[C@H](C)[C@H](NC(=O)c1ccc(-c2csc(N3CCN(CCOC)CC3)n2)cc1)C(=O)N1C[C@@H](N=[N+]=[N-])[C@H]2OCC(=O)[C@H]21. The van der Waals surface area contributed by atoms with Crippen LogP contribution in [0.5, 0.6) is 0 Å². The van der Waals surface area contributed by atoms with Crippen molar-refractivity contribution in [3.63, 3.8) is 0 Å². The second-order valence-corrected chi connectivity index (χ2v) is 12.0. The Bertz CT molecular complexity index is 1350. The van der Waals surface area contributed by atoms with E-state index in [2.05, 4.69) is 25.1 Å². The number of Topliss-reactive ketones (excluding diaryl/α,β-unsaturated/α-hetero) is 1. The van der Waals surface area contributed by atoms with Gasteiger partial charge in [0.2, 0.25) is 5.91 Å². The molecule has 0 saturated carbocycles. The number of anilines is 1. The van der Waals surface area contributed by atoms with Crippen LogP contribution in [0.3, 0.4) is 0 Å². The van der Waals surface area contributed by atoms with Gasteiger partial charge in [-0.25, -0.2) is 4.98 Å². The monoisotopic (exact) mass is 610 g/mol. The summed E-state index contributed by atoms with van der Waals surface area (Å²) >= 11 is 1.61. The maximum Gasteiger partial charge on any atom is 0.251 e. The van der Waals surface area contributed by atoms with Crippen molar-refractivity contribution in [3.8, 4) is 11.3 Å². The van der Waals surface area contributed by atoms with Gasteiger partial charge in [0.1, 0.15) is 18.7 Å². The lowest BCUT2D eigenvalue weighted by Gasteiger charge is -2.34. The summed E-state index contributed by atoms with van der Waals surface area (Å²) in [6, 6.07) is 4.87. The van der Waals surface area contributed by atoms with Crippen molar-refractivity contribution >= 4 is 34.1 Å². The summed E-state index contributed by atoms with van der Waals surface area (Å²) in [5, 5.41) is 9.67. The Balaban J connectivity index is 1.23. The van der Waals surface area contributed by atoms with Crippen LogP contribution in [0.1, 0.15) is 30.6 Å². The van der Waals surface area contributed by atoms with Gasteiger partial charge in [-0.15, -0.1) is 11.3 Å². The second kappa shape index (κ2) is 13.8.